The molecule has 0 aliphatic carbocycles. The molecule has 3 aromatic carbocycles. The number of esters is 1. The maximum absolute atomic E-state index is 12.3. The van der Waals surface area contributed by atoms with Crippen LogP contribution in [0.2, 0.25) is 0 Å². The van der Waals surface area contributed by atoms with Crippen LogP contribution in [0.5, 0.6) is 5.75 Å². The Bertz CT molecular complexity index is 1170. The molecule has 0 aliphatic heterocycles. The molecule has 0 fully saturated rings. The number of hydrogen-bond acceptors (Lipinski definition) is 4. The van der Waals surface area contributed by atoms with Crippen LogP contribution in [-0.4, -0.2) is 29.0 Å². The minimum absolute atomic E-state index is 0.266. The molecule has 4 nitrogen and oxygen atoms in total. The number of thioether (sulfide) groups is 1. The summed E-state index contributed by atoms with van der Waals surface area (Å²) in [5, 5.41) is 2.40. The highest BCUT2D eigenvalue weighted by Crippen LogP contribution is 2.43. The maximum Gasteiger partial charge on any atom is 0.321 e. The molecule has 5 heteroatoms. The van der Waals surface area contributed by atoms with Crippen LogP contribution in [0, 0.1) is 0 Å². The fourth-order valence-electron chi connectivity index (χ4n) is 3.79. The molecule has 0 atom stereocenters. The van der Waals surface area contributed by atoms with Gasteiger partial charge in [-0.15, -0.1) is 11.8 Å². The molecule has 1 aromatic heterocycles. The van der Waals surface area contributed by atoms with E-state index in [9.17, 15) is 4.79 Å². The molecule has 0 spiro atoms. The van der Waals surface area contributed by atoms with Gasteiger partial charge in [0.1, 0.15) is 4.75 Å². The van der Waals surface area contributed by atoms with Gasteiger partial charge in [-0.1, -0.05) is 42.5 Å². The predicted molar refractivity (Wildman–Crippen MR) is 124 cm³/mol. The summed E-state index contributed by atoms with van der Waals surface area (Å²) < 4.78 is 12.7. The van der Waals surface area contributed by atoms with Crippen molar-refractivity contribution in [2.24, 2.45) is 0 Å². The lowest BCUT2D eigenvalue weighted by atomic mass is 10.2. The van der Waals surface area contributed by atoms with Crippen molar-refractivity contribution in [3.63, 3.8) is 0 Å². The minimum Gasteiger partial charge on any atom is -0.490 e. The largest absolute Gasteiger partial charge is 0.490 e. The number of carbonyl (C=O) groups excluding carboxylic acids is 1. The van der Waals surface area contributed by atoms with Crippen molar-refractivity contribution in [3.05, 3.63) is 66.7 Å². The number of benzene rings is 3. The van der Waals surface area contributed by atoms with E-state index in [1.165, 1.54) is 29.6 Å². The first-order chi connectivity index (χ1) is 14.5. The van der Waals surface area contributed by atoms with Gasteiger partial charge in [-0.05, 0) is 45.0 Å². The van der Waals surface area contributed by atoms with Gasteiger partial charge in [-0.3, -0.25) is 4.79 Å². The van der Waals surface area contributed by atoms with Gasteiger partial charge in [0.05, 0.1) is 35.3 Å². The predicted octanol–water partition coefficient (Wildman–Crippen LogP) is 6.23. The molecule has 0 unspecified atom stereocenters. The Kier molecular flexibility index (Phi) is 5.48. The van der Waals surface area contributed by atoms with Gasteiger partial charge in [0.2, 0.25) is 0 Å². The molecular formula is C25H25NO3S. The van der Waals surface area contributed by atoms with Crippen molar-refractivity contribution in [1.82, 2.24) is 4.57 Å². The second kappa shape index (κ2) is 8.07. The number of rotatable bonds is 6. The standard InChI is InChI=1S/C25H25NO3S/c1-5-29-23-21(15-10-16-22(23)30-25(2,3)24(27)28-4)26-19-13-8-6-11-17(19)18-12-7-9-14-20(18)26/h6-16H,5H2,1-4H3. The molecular weight excluding hydrogens is 394 g/mol. The Morgan fingerprint density at radius 1 is 0.933 bits per heavy atom. The van der Waals surface area contributed by atoms with E-state index in [1.807, 2.05) is 32.9 Å². The molecule has 0 saturated carbocycles. The summed E-state index contributed by atoms with van der Waals surface area (Å²) in [6, 6.07) is 22.9. The van der Waals surface area contributed by atoms with Crippen molar-refractivity contribution in [2.75, 3.05) is 13.7 Å². The van der Waals surface area contributed by atoms with Gasteiger partial charge < -0.3 is 14.0 Å². The zero-order valence-electron chi connectivity index (χ0n) is 17.6. The number of fused-ring (bicyclic) bond motifs is 3. The molecule has 0 radical (unpaired) electrons. The lowest BCUT2D eigenvalue weighted by Crippen LogP contribution is -2.29. The maximum atomic E-state index is 12.3. The summed E-state index contributed by atoms with van der Waals surface area (Å²) in [5.74, 6) is 0.505. The van der Waals surface area contributed by atoms with E-state index in [2.05, 4.69) is 59.2 Å². The van der Waals surface area contributed by atoms with E-state index in [4.69, 9.17) is 9.47 Å². The number of para-hydroxylation sites is 3. The lowest BCUT2D eigenvalue weighted by molar-refractivity contribution is -0.142. The van der Waals surface area contributed by atoms with Gasteiger partial charge in [-0.25, -0.2) is 0 Å². The SMILES string of the molecule is CCOc1c(SC(C)(C)C(=O)OC)cccc1-n1c2ccccc2c2ccccc21. The summed E-state index contributed by atoms with van der Waals surface area (Å²) in [6.45, 7) is 6.24. The average Bonchev–Trinajstić information content (AvgIpc) is 3.09. The summed E-state index contributed by atoms with van der Waals surface area (Å²) in [4.78, 5) is 13.2. The van der Waals surface area contributed by atoms with E-state index in [0.717, 1.165) is 27.4 Å². The van der Waals surface area contributed by atoms with Crippen LogP contribution in [0.4, 0.5) is 0 Å². The van der Waals surface area contributed by atoms with E-state index in [-0.39, 0.29) is 5.97 Å². The third-order valence-electron chi connectivity index (χ3n) is 5.11. The Morgan fingerprint density at radius 3 is 2.10 bits per heavy atom. The molecule has 0 bridgehead atoms. The zero-order chi connectivity index (χ0) is 21.3. The average molecular weight is 420 g/mol. The van der Waals surface area contributed by atoms with E-state index < -0.39 is 4.75 Å². The van der Waals surface area contributed by atoms with Crippen molar-refractivity contribution in [2.45, 2.75) is 30.4 Å². The number of aromatic nitrogens is 1. The molecule has 1 heterocycles. The second-order valence-electron chi connectivity index (χ2n) is 7.51. The highest BCUT2D eigenvalue weighted by atomic mass is 32.2. The highest BCUT2D eigenvalue weighted by Gasteiger charge is 2.32. The molecule has 0 N–H and O–H groups in total. The zero-order valence-corrected chi connectivity index (χ0v) is 18.5. The van der Waals surface area contributed by atoms with Gasteiger partial charge >= 0.3 is 5.97 Å². The van der Waals surface area contributed by atoms with Crippen molar-refractivity contribution < 1.29 is 14.3 Å². The first-order valence-electron chi connectivity index (χ1n) is 9.99. The van der Waals surface area contributed by atoms with Crippen molar-refractivity contribution >= 4 is 39.5 Å². The Balaban J connectivity index is 1.97. The monoisotopic (exact) mass is 419 g/mol. The normalized spacial score (nSPS) is 11.7. The number of nitrogens with zero attached hydrogens (tertiary/aromatic N) is 1. The van der Waals surface area contributed by atoms with Crippen LogP contribution in [0.25, 0.3) is 27.5 Å². The molecule has 0 saturated heterocycles. The smallest absolute Gasteiger partial charge is 0.321 e. The molecule has 154 valence electrons. The molecule has 0 amide bonds. The number of methoxy groups -OCH3 is 1. The van der Waals surface area contributed by atoms with Crippen molar-refractivity contribution in [1.29, 1.82) is 0 Å². The summed E-state index contributed by atoms with van der Waals surface area (Å²) >= 11 is 1.45. The van der Waals surface area contributed by atoms with Crippen molar-refractivity contribution in [3.8, 4) is 11.4 Å². The topological polar surface area (TPSA) is 40.5 Å². The second-order valence-corrected chi connectivity index (χ2v) is 9.18. The third-order valence-corrected chi connectivity index (χ3v) is 6.33. The summed E-state index contributed by atoms with van der Waals surface area (Å²) in [5.41, 5.74) is 3.20. The number of ether oxygens (including phenoxy) is 2. The summed E-state index contributed by atoms with van der Waals surface area (Å²) in [6.07, 6.45) is 0. The van der Waals surface area contributed by atoms with Gasteiger partial charge in [-0.2, -0.15) is 0 Å². The van der Waals surface area contributed by atoms with Gasteiger partial charge in [0.25, 0.3) is 0 Å². The number of hydrogen-bond donors (Lipinski definition) is 0. The molecule has 30 heavy (non-hydrogen) atoms. The van der Waals surface area contributed by atoms with Crippen LogP contribution in [0.1, 0.15) is 20.8 Å². The lowest BCUT2D eigenvalue weighted by Gasteiger charge is -2.23. The number of carbonyl (C=O) groups is 1. The minimum atomic E-state index is -0.736. The quantitative estimate of drug-likeness (QED) is 0.274. The van der Waals surface area contributed by atoms with Gasteiger partial charge in [0, 0.05) is 10.8 Å². The van der Waals surface area contributed by atoms with E-state index >= 15 is 0 Å². The first-order valence-corrected chi connectivity index (χ1v) is 10.8. The molecule has 0 aliphatic rings. The van der Waals surface area contributed by atoms with Crippen LogP contribution in [0.3, 0.4) is 0 Å². The Labute approximate surface area is 180 Å². The first kappa shape index (κ1) is 20.4. The van der Waals surface area contributed by atoms with Crippen LogP contribution >= 0.6 is 11.8 Å². The molecule has 4 rings (SSSR count). The fourth-order valence-corrected chi connectivity index (χ4v) is 4.91. The highest BCUT2D eigenvalue weighted by molar-refractivity contribution is 8.01. The Hall–Kier alpha value is -2.92. The van der Waals surface area contributed by atoms with Crippen LogP contribution < -0.4 is 4.74 Å². The Morgan fingerprint density at radius 2 is 1.53 bits per heavy atom. The van der Waals surface area contributed by atoms with Gasteiger partial charge in [0.15, 0.2) is 5.75 Å². The van der Waals surface area contributed by atoms with Crippen LogP contribution in [0.15, 0.2) is 71.6 Å². The fraction of sp³-hybridized carbons (Fsp3) is 0.240. The molecule has 4 aromatic rings. The third kappa shape index (κ3) is 3.43. The summed E-state index contributed by atoms with van der Waals surface area (Å²) in [7, 11) is 1.42. The van der Waals surface area contributed by atoms with E-state index in [0.29, 0.717) is 6.61 Å². The van der Waals surface area contributed by atoms with E-state index in [1.54, 1.807) is 0 Å². The van der Waals surface area contributed by atoms with Crippen LogP contribution in [-0.2, 0) is 9.53 Å².